The van der Waals surface area contributed by atoms with E-state index in [1.807, 2.05) is 55.5 Å². The van der Waals surface area contributed by atoms with Crippen LogP contribution in [0, 0.1) is 6.92 Å². The van der Waals surface area contributed by atoms with E-state index in [1.54, 1.807) is 6.92 Å². The molecule has 1 N–H and O–H groups in total. The largest absolute Gasteiger partial charge is 0.489 e. The Labute approximate surface area is 141 Å². The Morgan fingerprint density at radius 1 is 1.12 bits per heavy atom. The number of carbonyl (C=O) groups is 1. The molecule has 1 unspecified atom stereocenters. The molecule has 0 spiro atoms. The summed E-state index contributed by atoms with van der Waals surface area (Å²) in [6.07, 6.45) is 0. The highest BCUT2D eigenvalue weighted by Crippen LogP contribution is 2.39. The van der Waals surface area contributed by atoms with E-state index in [-0.39, 0.29) is 0 Å². The van der Waals surface area contributed by atoms with E-state index in [2.05, 4.69) is 0 Å². The van der Waals surface area contributed by atoms with Gasteiger partial charge in [-0.25, -0.2) is 4.79 Å². The molecule has 1 aliphatic heterocycles. The highest BCUT2D eigenvalue weighted by molar-refractivity contribution is 6.03. The quantitative estimate of drug-likeness (QED) is 0.873. The zero-order valence-electron chi connectivity index (χ0n) is 14.0. The Kier molecular flexibility index (Phi) is 4.16. The highest BCUT2D eigenvalue weighted by atomic mass is 16.7. The number of ether oxygens (including phenoxy) is 2. The van der Waals surface area contributed by atoms with Crippen LogP contribution >= 0.6 is 0 Å². The molecule has 0 amide bonds. The van der Waals surface area contributed by atoms with Gasteiger partial charge in [0.15, 0.2) is 0 Å². The van der Waals surface area contributed by atoms with Gasteiger partial charge in [-0.15, -0.1) is 0 Å². The standard InChI is InChI=1S/C20H20O4/c1-13-11-16(23-12-15-7-5-4-6-8-15)9-10-17(13)18-14(2)19(21)24-20(18,3)22/h4-11,22H,12H2,1-3H3. The van der Waals surface area contributed by atoms with Crippen molar-refractivity contribution in [1.82, 2.24) is 0 Å². The van der Waals surface area contributed by atoms with Gasteiger partial charge in [0.2, 0.25) is 5.79 Å². The Bertz CT molecular complexity index is 804. The van der Waals surface area contributed by atoms with Crippen LogP contribution in [0.5, 0.6) is 5.75 Å². The van der Waals surface area contributed by atoms with Crippen LogP contribution < -0.4 is 4.74 Å². The first-order valence-electron chi connectivity index (χ1n) is 7.83. The Balaban J connectivity index is 1.84. The van der Waals surface area contributed by atoms with Gasteiger partial charge >= 0.3 is 5.97 Å². The molecule has 0 saturated heterocycles. The lowest BCUT2D eigenvalue weighted by atomic mass is 9.92. The van der Waals surface area contributed by atoms with E-state index < -0.39 is 11.8 Å². The van der Waals surface area contributed by atoms with Gasteiger partial charge in [-0.2, -0.15) is 0 Å². The molecule has 0 bridgehead atoms. The number of hydrogen-bond acceptors (Lipinski definition) is 4. The van der Waals surface area contributed by atoms with Gasteiger partial charge < -0.3 is 14.6 Å². The number of aryl methyl sites for hydroxylation is 1. The van der Waals surface area contributed by atoms with E-state index >= 15 is 0 Å². The normalized spacial score (nSPS) is 20.2. The third-order valence-electron chi connectivity index (χ3n) is 4.15. The lowest BCUT2D eigenvalue weighted by Gasteiger charge is -2.21. The van der Waals surface area contributed by atoms with E-state index in [9.17, 15) is 9.90 Å². The summed E-state index contributed by atoms with van der Waals surface area (Å²) >= 11 is 0. The van der Waals surface area contributed by atoms with Crippen molar-refractivity contribution in [3.8, 4) is 5.75 Å². The first-order chi connectivity index (χ1) is 11.4. The molecule has 2 aromatic rings. The molecule has 4 nitrogen and oxygen atoms in total. The number of esters is 1. The molecule has 3 rings (SSSR count). The molecular weight excluding hydrogens is 304 g/mol. The summed E-state index contributed by atoms with van der Waals surface area (Å²) in [6, 6.07) is 15.5. The van der Waals surface area contributed by atoms with Crippen LogP contribution in [0.1, 0.15) is 30.5 Å². The molecule has 0 aliphatic carbocycles. The average Bonchev–Trinajstić information content (AvgIpc) is 2.75. The maximum absolute atomic E-state index is 11.7. The fourth-order valence-corrected chi connectivity index (χ4v) is 2.96. The van der Waals surface area contributed by atoms with Crippen molar-refractivity contribution in [2.24, 2.45) is 0 Å². The van der Waals surface area contributed by atoms with Gasteiger partial charge in [-0.05, 0) is 42.7 Å². The predicted molar refractivity (Wildman–Crippen MR) is 91.3 cm³/mol. The third-order valence-corrected chi connectivity index (χ3v) is 4.15. The lowest BCUT2D eigenvalue weighted by Crippen LogP contribution is -2.26. The highest BCUT2D eigenvalue weighted by Gasteiger charge is 2.41. The monoisotopic (exact) mass is 324 g/mol. The van der Waals surface area contributed by atoms with Gasteiger partial charge in [-0.3, -0.25) is 0 Å². The van der Waals surface area contributed by atoms with Crippen molar-refractivity contribution in [3.63, 3.8) is 0 Å². The fourth-order valence-electron chi connectivity index (χ4n) is 2.96. The van der Waals surface area contributed by atoms with E-state index in [0.29, 0.717) is 17.8 Å². The molecule has 0 fully saturated rings. The van der Waals surface area contributed by atoms with E-state index in [4.69, 9.17) is 9.47 Å². The summed E-state index contributed by atoms with van der Waals surface area (Å²) in [6.45, 7) is 5.55. The number of hydrogen-bond donors (Lipinski definition) is 1. The fraction of sp³-hybridized carbons (Fsp3) is 0.250. The van der Waals surface area contributed by atoms with Gasteiger partial charge in [0, 0.05) is 18.1 Å². The topological polar surface area (TPSA) is 55.8 Å². The van der Waals surface area contributed by atoms with Crippen molar-refractivity contribution in [2.75, 3.05) is 0 Å². The van der Waals surface area contributed by atoms with Crippen molar-refractivity contribution in [1.29, 1.82) is 0 Å². The number of cyclic esters (lactones) is 1. The van der Waals surface area contributed by atoms with Crippen molar-refractivity contribution >= 4 is 11.5 Å². The zero-order chi connectivity index (χ0) is 17.3. The zero-order valence-corrected chi connectivity index (χ0v) is 14.0. The maximum atomic E-state index is 11.7. The smallest absolute Gasteiger partial charge is 0.337 e. The summed E-state index contributed by atoms with van der Waals surface area (Å²) in [7, 11) is 0. The summed E-state index contributed by atoms with van der Waals surface area (Å²) in [4.78, 5) is 11.7. The maximum Gasteiger partial charge on any atom is 0.337 e. The Morgan fingerprint density at radius 2 is 1.83 bits per heavy atom. The van der Waals surface area contributed by atoms with Crippen LogP contribution in [0.4, 0.5) is 0 Å². The average molecular weight is 324 g/mol. The number of benzene rings is 2. The molecule has 4 heteroatoms. The van der Waals surface area contributed by atoms with E-state index in [0.717, 1.165) is 22.4 Å². The van der Waals surface area contributed by atoms with Crippen LogP contribution in [0.2, 0.25) is 0 Å². The van der Waals surface area contributed by atoms with Gasteiger partial charge in [-0.1, -0.05) is 36.4 Å². The molecule has 0 saturated carbocycles. The first kappa shape index (κ1) is 16.3. The number of carbonyl (C=O) groups excluding carboxylic acids is 1. The Hall–Kier alpha value is -2.59. The van der Waals surface area contributed by atoms with Gasteiger partial charge in [0.1, 0.15) is 12.4 Å². The number of aliphatic hydroxyl groups is 1. The molecule has 24 heavy (non-hydrogen) atoms. The molecule has 0 radical (unpaired) electrons. The summed E-state index contributed by atoms with van der Waals surface area (Å²) < 4.78 is 10.8. The van der Waals surface area contributed by atoms with Crippen LogP contribution in [0.25, 0.3) is 5.57 Å². The molecule has 1 heterocycles. The van der Waals surface area contributed by atoms with Crippen LogP contribution in [-0.4, -0.2) is 16.9 Å². The lowest BCUT2D eigenvalue weighted by molar-refractivity contribution is -0.170. The second-order valence-corrected chi connectivity index (χ2v) is 6.12. The molecule has 2 aromatic carbocycles. The number of rotatable bonds is 4. The molecule has 0 aromatic heterocycles. The van der Waals surface area contributed by atoms with Crippen molar-refractivity contribution in [3.05, 3.63) is 70.8 Å². The SMILES string of the molecule is CC1=C(c2ccc(OCc3ccccc3)cc2C)C(C)(O)OC1=O. The van der Waals surface area contributed by atoms with Crippen LogP contribution in [0.15, 0.2) is 54.1 Å². The van der Waals surface area contributed by atoms with Crippen molar-refractivity contribution in [2.45, 2.75) is 33.2 Å². The third kappa shape index (κ3) is 3.05. The molecular formula is C20H20O4. The second-order valence-electron chi connectivity index (χ2n) is 6.12. The minimum atomic E-state index is -1.60. The van der Waals surface area contributed by atoms with Crippen LogP contribution in [-0.2, 0) is 16.1 Å². The minimum Gasteiger partial charge on any atom is -0.489 e. The minimum absolute atomic E-state index is 0.432. The van der Waals surface area contributed by atoms with Crippen LogP contribution in [0.3, 0.4) is 0 Å². The van der Waals surface area contributed by atoms with Gasteiger partial charge in [0.25, 0.3) is 0 Å². The molecule has 124 valence electrons. The first-order valence-corrected chi connectivity index (χ1v) is 7.83. The van der Waals surface area contributed by atoms with Crippen molar-refractivity contribution < 1.29 is 19.4 Å². The summed E-state index contributed by atoms with van der Waals surface area (Å²) in [5.74, 6) is -1.35. The Morgan fingerprint density at radius 3 is 2.42 bits per heavy atom. The molecule has 1 atom stereocenters. The predicted octanol–water partition coefficient (Wildman–Crippen LogP) is 3.61. The second kappa shape index (κ2) is 6.13. The van der Waals surface area contributed by atoms with Gasteiger partial charge in [0.05, 0.1) is 0 Å². The molecule has 1 aliphatic rings. The van der Waals surface area contributed by atoms with E-state index in [1.165, 1.54) is 6.92 Å². The summed E-state index contributed by atoms with van der Waals surface area (Å²) in [5, 5.41) is 10.4. The summed E-state index contributed by atoms with van der Waals surface area (Å²) in [5.41, 5.74) is 3.74.